The Morgan fingerprint density at radius 1 is 1.53 bits per heavy atom. The number of carboxylic acid groups (broad SMARTS) is 1. The number of carboxylic acids is 1. The first-order valence-corrected chi connectivity index (χ1v) is 6.93. The molecule has 1 aromatic rings. The second-order valence-corrected chi connectivity index (χ2v) is 5.51. The maximum Gasteiger partial charge on any atom is 0.318 e. The Morgan fingerprint density at radius 2 is 2.21 bits per heavy atom. The zero-order chi connectivity index (χ0) is 14.5. The minimum atomic E-state index is -0.912. The molecule has 1 heterocycles. The molecular formula is C12H19N3O3S. The largest absolute Gasteiger partial charge is 0.481 e. The zero-order valence-corrected chi connectivity index (χ0v) is 12.2. The molecule has 0 radical (unpaired) electrons. The Balaban J connectivity index is 2.64. The SMILES string of the molecule is CCN(CCC(=O)O)C(=O)NC(C)(C)c1nccs1. The number of hydrogen-bond acceptors (Lipinski definition) is 4. The van der Waals surface area contributed by atoms with Gasteiger partial charge in [0, 0.05) is 24.7 Å². The second-order valence-electron chi connectivity index (χ2n) is 4.62. The molecule has 0 aliphatic heterocycles. The summed E-state index contributed by atoms with van der Waals surface area (Å²) < 4.78 is 0. The second kappa shape index (κ2) is 6.51. The summed E-state index contributed by atoms with van der Waals surface area (Å²) in [4.78, 5) is 28.3. The van der Waals surface area contributed by atoms with E-state index in [4.69, 9.17) is 5.11 Å². The van der Waals surface area contributed by atoms with Crippen LogP contribution < -0.4 is 5.32 Å². The maximum atomic E-state index is 12.1. The van der Waals surface area contributed by atoms with Crippen molar-refractivity contribution in [1.82, 2.24) is 15.2 Å². The summed E-state index contributed by atoms with van der Waals surface area (Å²) in [6.45, 7) is 6.22. The number of thiazole rings is 1. The molecule has 2 N–H and O–H groups in total. The van der Waals surface area contributed by atoms with Gasteiger partial charge in [-0.15, -0.1) is 11.3 Å². The highest BCUT2D eigenvalue weighted by molar-refractivity contribution is 7.09. The molecule has 0 aliphatic carbocycles. The van der Waals surface area contributed by atoms with Crippen LogP contribution >= 0.6 is 11.3 Å². The molecule has 0 unspecified atom stereocenters. The van der Waals surface area contributed by atoms with Crippen molar-refractivity contribution < 1.29 is 14.7 Å². The van der Waals surface area contributed by atoms with Crippen LogP contribution in [0.15, 0.2) is 11.6 Å². The third kappa shape index (κ3) is 4.51. The van der Waals surface area contributed by atoms with E-state index in [-0.39, 0.29) is 19.0 Å². The van der Waals surface area contributed by atoms with Crippen molar-refractivity contribution >= 4 is 23.3 Å². The Morgan fingerprint density at radius 3 is 2.68 bits per heavy atom. The molecular weight excluding hydrogens is 266 g/mol. The van der Waals surface area contributed by atoms with Gasteiger partial charge in [-0.1, -0.05) is 0 Å². The molecule has 0 bridgehead atoms. The smallest absolute Gasteiger partial charge is 0.318 e. The van der Waals surface area contributed by atoms with Crippen molar-refractivity contribution in [1.29, 1.82) is 0 Å². The number of aromatic nitrogens is 1. The Kier molecular flexibility index (Phi) is 5.29. The molecule has 2 amide bonds. The number of aliphatic carboxylic acids is 1. The molecule has 1 rings (SSSR count). The molecule has 0 spiro atoms. The van der Waals surface area contributed by atoms with Gasteiger partial charge in [0.1, 0.15) is 5.01 Å². The predicted molar refractivity (Wildman–Crippen MR) is 73.2 cm³/mol. The number of carbonyl (C=O) groups is 2. The van der Waals surface area contributed by atoms with Crippen molar-refractivity contribution in [3.63, 3.8) is 0 Å². The Labute approximate surface area is 116 Å². The van der Waals surface area contributed by atoms with E-state index in [1.807, 2.05) is 26.2 Å². The summed E-state index contributed by atoms with van der Waals surface area (Å²) in [5.41, 5.74) is -0.568. The van der Waals surface area contributed by atoms with Crippen LogP contribution in [0.2, 0.25) is 0 Å². The monoisotopic (exact) mass is 285 g/mol. The first-order chi connectivity index (χ1) is 8.86. The number of nitrogens with one attached hydrogen (secondary N) is 1. The lowest BCUT2D eigenvalue weighted by molar-refractivity contribution is -0.137. The first kappa shape index (κ1) is 15.4. The van der Waals surface area contributed by atoms with Gasteiger partial charge < -0.3 is 15.3 Å². The molecule has 6 nitrogen and oxygen atoms in total. The van der Waals surface area contributed by atoms with Crippen LogP contribution in [0.4, 0.5) is 4.79 Å². The van der Waals surface area contributed by atoms with Gasteiger partial charge >= 0.3 is 12.0 Å². The molecule has 0 saturated carbocycles. The van der Waals surface area contributed by atoms with E-state index in [0.717, 1.165) is 5.01 Å². The van der Waals surface area contributed by atoms with Crippen LogP contribution in [0.3, 0.4) is 0 Å². The third-order valence-electron chi connectivity index (χ3n) is 2.65. The molecule has 1 aromatic heterocycles. The summed E-state index contributed by atoms with van der Waals surface area (Å²) in [6, 6.07) is -0.274. The fraction of sp³-hybridized carbons (Fsp3) is 0.583. The van der Waals surface area contributed by atoms with Crippen LogP contribution in [0.5, 0.6) is 0 Å². The van der Waals surface area contributed by atoms with Crippen LogP contribution in [0, 0.1) is 0 Å². The topological polar surface area (TPSA) is 82.5 Å². The van der Waals surface area contributed by atoms with E-state index < -0.39 is 11.5 Å². The standard InChI is InChI=1S/C12H19N3O3S/c1-4-15(7-5-9(16)17)11(18)14-12(2,3)10-13-6-8-19-10/h6,8H,4-5,7H2,1-3H3,(H,14,18)(H,16,17). The number of carbonyl (C=O) groups excluding carboxylic acids is 1. The molecule has 0 atom stereocenters. The zero-order valence-electron chi connectivity index (χ0n) is 11.3. The molecule has 0 aromatic carbocycles. The average molecular weight is 285 g/mol. The van der Waals surface area contributed by atoms with Crippen molar-refractivity contribution in [3.8, 4) is 0 Å². The molecule has 0 saturated heterocycles. The Bertz CT molecular complexity index is 431. The lowest BCUT2D eigenvalue weighted by Gasteiger charge is -2.28. The van der Waals surface area contributed by atoms with Crippen LogP contribution in [0.25, 0.3) is 0 Å². The third-order valence-corrected chi connectivity index (χ3v) is 3.75. The first-order valence-electron chi connectivity index (χ1n) is 6.05. The van der Waals surface area contributed by atoms with Gasteiger partial charge in [0.25, 0.3) is 0 Å². The number of hydrogen-bond donors (Lipinski definition) is 2. The van der Waals surface area contributed by atoms with Gasteiger partial charge in [-0.2, -0.15) is 0 Å². The minimum Gasteiger partial charge on any atom is -0.481 e. The highest BCUT2D eigenvalue weighted by Crippen LogP contribution is 2.22. The Hall–Kier alpha value is -1.63. The van der Waals surface area contributed by atoms with Gasteiger partial charge in [0.05, 0.1) is 12.0 Å². The fourth-order valence-corrected chi connectivity index (χ4v) is 2.28. The van der Waals surface area contributed by atoms with Gasteiger partial charge in [-0.05, 0) is 20.8 Å². The highest BCUT2D eigenvalue weighted by atomic mass is 32.1. The van der Waals surface area contributed by atoms with E-state index in [9.17, 15) is 9.59 Å². The number of nitrogens with zero attached hydrogens (tertiary/aromatic N) is 2. The van der Waals surface area contributed by atoms with Gasteiger partial charge in [0.2, 0.25) is 0 Å². The lowest BCUT2D eigenvalue weighted by Crippen LogP contribution is -2.48. The molecule has 0 aliphatic rings. The van der Waals surface area contributed by atoms with Crippen molar-refractivity contribution in [2.45, 2.75) is 32.7 Å². The van der Waals surface area contributed by atoms with Crippen molar-refractivity contribution in [2.24, 2.45) is 0 Å². The minimum absolute atomic E-state index is 0.0566. The van der Waals surface area contributed by atoms with Gasteiger partial charge in [-0.25, -0.2) is 9.78 Å². The summed E-state index contributed by atoms with van der Waals surface area (Å²) in [5.74, 6) is -0.912. The normalized spacial score (nSPS) is 11.1. The number of amides is 2. The lowest BCUT2D eigenvalue weighted by atomic mass is 10.1. The van der Waals surface area contributed by atoms with Crippen LogP contribution in [-0.4, -0.2) is 40.1 Å². The fourth-order valence-electron chi connectivity index (χ4n) is 1.57. The summed E-state index contributed by atoms with van der Waals surface area (Å²) >= 11 is 1.47. The molecule has 7 heteroatoms. The molecule has 0 fully saturated rings. The van der Waals surface area contributed by atoms with E-state index in [0.29, 0.717) is 6.54 Å². The quantitative estimate of drug-likeness (QED) is 0.836. The van der Waals surface area contributed by atoms with Crippen molar-refractivity contribution in [3.05, 3.63) is 16.6 Å². The van der Waals surface area contributed by atoms with E-state index in [1.54, 1.807) is 6.20 Å². The molecule has 19 heavy (non-hydrogen) atoms. The number of rotatable bonds is 6. The molecule has 106 valence electrons. The van der Waals surface area contributed by atoms with Crippen LogP contribution in [-0.2, 0) is 10.3 Å². The summed E-state index contributed by atoms with van der Waals surface area (Å²) in [7, 11) is 0. The van der Waals surface area contributed by atoms with E-state index in [1.165, 1.54) is 16.2 Å². The summed E-state index contributed by atoms with van der Waals surface area (Å²) in [5, 5.41) is 14.2. The van der Waals surface area contributed by atoms with Gasteiger partial charge in [-0.3, -0.25) is 4.79 Å². The van der Waals surface area contributed by atoms with E-state index >= 15 is 0 Å². The predicted octanol–water partition coefficient (Wildman–Crippen LogP) is 1.88. The average Bonchev–Trinajstić information content (AvgIpc) is 2.82. The summed E-state index contributed by atoms with van der Waals surface area (Å²) in [6.07, 6.45) is 1.63. The van der Waals surface area contributed by atoms with Gasteiger partial charge in [0.15, 0.2) is 0 Å². The highest BCUT2D eigenvalue weighted by Gasteiger charge is 2.27. The van der Waals surface area contributed by atoms with Crippen LogP contribution in [0.1, 0.15) is 32.2 Å². The maximum absolute atomic E-state index is 12.1. The number of urea groups is 1. The van der Waals surface area contributed by atoms with Crippen molar-refractivity contribution in [2.75, 3.05) is 13.1 Å². The van der Waals surface area contributed by atoms with E-state index in [2.05, 4.69) is 10.3 Å².